The summed E-state index contributed by atoms with van der Waals surface area (Å²) in [5.41, 5.74) is -1.13. The number of nitrogens with zero attached hydrogens (tertiary/aromatic N) is 4. The van der Waals surface area contributed by atoms with Crippen molar-refractivity contribution in [3.63, 3.8) is 0 Å². The molecule has 0 radical (unpaired) electrons. The van der Waals surface area contributed by atoms with E-state index in [0.717, 1.165) is 0 Å². The predicted octanol–water partition coefficient (Wildman–Crippen LogP) is 3.02. The maximum absolute atomic E-state index is 13.9. The fourth-order valence-corrected chi connectivity index (χ4v) is 6.19. The number of carbonyl (C=O) groups excluding carboxylic acids is 2. The van der Waals surface area contributed by atoms with Crippen molar-refractivity contribution in [2.75, 3.05) is 11.5 Å². The minimum absolute atomic E-state index is 0.172. The van der Waals surface area contributed by atoms with E-state index < -0.39 is 35.0 Å². The van der Waals surface area contributed by atoms with Gasteiger partial charge < -0.3 is 14.6 Å². The van der Waals surface area contributed by atoms with E-state index in [9.17, 15) is 20.0 Å². The van der Waals surface area contributed by atoms with Crippen LogP contribution in [0.15, 0.2) is 48.8 Å². The summed E-state index contributed by atoms with van der Waals surface area (Å²) in [6, 6.07) is 12.0. The zero-order chi connectivity index (χ0) is 25.2. The molecule has 5 heterocycles. The number of amides is 2. The second-order valence-electron chi connectivity index (χ2n) is 9.59. The number of hydrogen-bond acceptors (Lipinski definition) is 8. The smallest absolute Gasteiger partial charge is 0.240 e. The van der Waals surface area contributed by atoms with Gasteiger partial charge >= 0.3 is 0 Å². The van der Waals surface area contributed by atoms with Gasteiger partial charge in [-0.15, -0.1) is 0 Å². The second kappa shape index (κ2) is 7.96. The number of aliphatic hydroxyl groups excluding tert-OH is 1. The van der Waals surface area contributed by atoms with Crippen LogP contribution >= 0.6 is 11.6 Å². The highest BCUT2D eigenvalue weighted by atomic mass is 35.5. The van der Waals surface area contributed by atoms with Gasteiger partial charge in [0.05, 0.1) is 51.9 Å². The number of carbonyl (C=O) groups is 2. The number of rotatable bonds is 5. The molecule has 0 saturated carbocycles. The van der Waals surface area contributed by atoms with Crippen LogP contribution in [0.5, 0.6) is 5.88 Å². The Balaban J connectivity index is 1.35. The van der Waals surface area contributed by atoms with Crippen LogP contribution < -0.4 is 9.64 Å². The van der Waals surface area contributed by atoms with Crippen molar-refractivity contribution in [3.8, 4) is 11.9 Å². The molecule has 2 amide bonds. The van der Waals surface area contributed by atoms with Crippen LogP contribution in [0.3, 0.4) is 0 Å². The molecule has 3 aliphatic rings. The number of nitriles is 1. The lowest BCUT2D eigenvalue weighted by Crippen LogP contribution is -2.49. The number of aliphatic hydroxyl groups is 1. The van der Waals surface area contributed by atoms with E-state index in [1.165, 1.54) is 11.1 Å². The van der Waals surface area contributed by atoms with E-state index >= 15 is 0 Å². The Bertz CT molecular complexity index is 1460. The predicted molar refractivity (Wildman–Crippen MR) is 128 cm³/mol. The molecule has 1 aromatic carbocycles. The van der Waals surface area contributed by atoms with Gasteiger partial charge in [0.1, 0.15) is 11.7 Å². The number of pyridine rings is 2. The molecule has 10 heteroatoms. The van der Waals surface area contributed by atoms with E-state index in [1.807, 2.05) is 0 Å². The van der Waals surface area contributed by atoms with Gasteiger partial charge in [-0.2, -0.15) is 5.26 Å². The zero-order valence-corrected chi connectivity index (χ0v) is 20.0. The lowest BCUT2D eigenvalue weighted by Gasteiger charge is -2.33. The van der Waals surface area contributed by atoms with Crippen LogP contribution in [-0.4, -0.2) is 50.8 Å². The molecule has 2 unspecified atom stereocenters. The number of aromatic nitrogens is 2. The van der Waals surface area contributed by atoms with Crippen molar-refractivity contribution >= 4 is 40.0 Å². The fourth-order valence-electron chi connectivity index (χ4n) is 6.08. The first-order valence-corrected chi connectivity index (χ1v) is 11.9. The third-order valence-electron chi connectivity index (χ3n) is 7.70. The maximum Gasteiger partial charge on any atom is 0.240 e. The number of halogens is 1. The normalized spacial score (nSPS) is 30.6. The lowest BCUT2D eigenvalue weighted by molar-refractivity contribution is -0.134. The summed E-state index contributed by atoms with van der Waals surface area (Å²) in [7, 11) is 0. The Morgan fingerprint density at radius 1 is 1.22 bits per heavy atom. The SMILES string of the molecule is C[C@]12O[C@@](CCOc3ccc(Cl)cn3)(CC1O)C1C(=O)N(c3ccc(C#N)c4ncccc34)C(=O)[C@@H]12. The fraction of sp³-hybridized carbons (Fsp3) is 0.346. The topological polar surface area (TPSA) is 126 Å². The van der Waals surface area contributed by atoms with E-state index in [-0.39, 0.29) is 25.4 Å². The van der Waals surface area contributed by atoms with Crippen LogP contribution in [0.1, 0.15) is 25.3 Å². The molecule has 9 nitrogen and oxygen atoms in total. The van der Waals surface area contributed by atoms with Gasteiger partial charge in [0.15, 0.2) is 0 Å². The third kappa shape index (κ3) is 3.08. The monoisotopic (exact) mass is 504 g/mol. The van der Waals surface area contributed by atoms with Crippen molar-refractivity contribution < 1.29 is 24.2 Å². The van der Waals surface area contributed by atoms with Gasteiger partial charge in [-0.1, -0.05) is 11.6 Å². The van der Waals surface area contributed by atoms with Crippen LogP contribution in [-0.2, 0) is 14.3 Å². The van der Waals surface area contributed by atoms with E-state index in [2.05, 4.69) is 16.0 Å². The van der Waals surface area contributed by atoms with E-state index in [1.54, 1.807) is 49.5 Å². The number of anilines is 1. The van der Waals surface area contributed by atoms with Gasteiger partial charge in [0, 0.05) is 36.7 Å². The van der Waals surface area contributed by atoms with Crippen molar-refractivity contribution in [1.82, 2.24) is 9.97 Å². The summed E-state index contributed by atoms with van der Waals surface area (Å²) in [5.74, 6) is -2.06. The highest BCUT2D eigenvalue weighted by molar-refractivity contribution is 6.30. The lowest BCUT2D eigenvalue weighted by atomic mass is 9.66. The van der Waals surface area contributed by atoms with Gasteiger partial charge in [-0.3, -0.25) is 14.6 Å². The molecule has 2 aromatic heterocycles. The summed E-state index contributed by atoms with van der Waals surface area (Å²) in [4.78, 5) is 37.3. The number of hydrogen-bond donors (Lipinski definition) is 1. The largest absolute Gasteiger partial charge is 0.478 e. The second-order valence-corrected chi connectivity index (χ2v) is 10.0. The van der Waals surface area contributed by atoms with E-state index in [4.69, 9.17) is 21.1 Å². The molecule has 182 valence electrons. The maximum atomic E-state index is 13.9. The molecule has 0 spiro atoms. The molecule has 2 bridgehead atoms. The first kappa shape index (κ1) is 22.9. The highest BCUT2D eigenvalue weighted by Crippen LogP contribution is 2.62. The molecule has 3 aliphatic heterocycles. The standard InChI is InChI=1S/C26H21ClN4O5/c1-25-18(32)11-26(36-25,8-10-35-19-7-5-15(27)13-30-19)21-20(25)23(33)31(24(21)34)17-6-4-14(12-28)22-16(17)3-2-9-29-22/h2-7,9,13,18,20-21,32H,8,10-11H2,1H3/t18?,20-,21?,25+,26+/m1/s1. The summed E-state index contributed by atoms with van der Waals surface area (Å²) in [6.45, 7) is 1.87. The van der Waals surface area contributed by atoms with Crippen molar-refractivity contribution in [3.05, 3.63) is 59.4 Å². The molecule has 3 aromatic rings. The Hall–Kier alpha value is -3.58. The average Bonchev–Trinajstić information content (AvgIpc) is 3.41. The molecule has 3 saturated heterocycles. The summed E-state index contributed by atoms with van der Waals surface area (Å²) in [5, 5.41) is 21.4. The first-order valence-electron chi connectivity index (χ1n) is 11.6. The molecule has 0 aliphatic carbocycles. The molecule has 1 N–H and O–H groups in total. The van der Waals surface area contributed by atoms with Gasteiger partial charge in [0.2, 0.25) is 17.7 Å². The van der Waals surface area contributed by atoms with E-state index in [0.29, 0.717) is 33.1 Å². The molecule has 3 fully saturated rings. The van der Waals surface area contributed by atoms with Crippen LogP contribution in [0, 0.1) is 23.2 Å². The minimum Gasteiger partial charge on any atom is -0.478 e. The number of benzene rings is 1. The van der Waals surface area contributed by atoms with Crippen LogP contribution in [0.2, 0.25) is 5.02 Å². The van der Waals surface area contributed by atoms with Crippen LogP contribution in [0.4, 0.5) is 5.69 Å². The first-order chi connectivity index (χ1) is 17.3. The van der Waals surface area contributed by atoms with Crippen LogP contribution in [0.25, 0.3) is 10.9 Å². The molecular formula is C26H21ClN4O5. The summed E-state index contributed by atoms with van der Waals surface area (Å²) >= 11 is 5.88. The average molecular weight is 505 g/mol. The van der Waals surface area contributed by atoms with Crippen molar-refractivity contribution in [2.24, 2.45) is 11.8 Å². The molecule has 36 heavy (non-hydrogen) atoms. The van der Waals surface area contributed by atoms with Gasteiger partial charge in [-0.05, 0) is 37.3 Å². The molecular weight excluding hydrogens is 484 g/mol. The number of imide groups is 1. The van der Waals surface area contributed by atoms with Crippen molar-refractivity contribution in [1.29, 1.82) is 5.26 Å². The molecule has 5 atom stereocenters. The Morgan fingerprint density at radius 2 is 2.03 bits per heavy atom. The van der Waals surface area contributed by atoms with Gasteiger partial charge in [0.25, 0.3) is 0 Å². The quantitative estimate of drug-likeness (QED) is 0.525. The summed E-state index contributed by atoms with van der Waals surface area (Å²) in [6.07, 6.45) is 2.62. The minimum atomic E-state index is -1.20. The number of fused-ring (bicyclic) bond motifs is 6. The third-order valence-corrected chi connectivity index (χ3v) is 7.92. The Labute approximate surface area is 211 Å². The van der Waals surface area contributed by atoms with Gasteiger partial charge in [-0.25, -0.2) is 9.88 Å². The Morgan fingerprint density at radius 3 is 2.78 bits per heavy atom. The zero-order valence-electron chi connectivity index (χ0n) is 19.2. The highest BCUT2D eigenvalue weighted by Gasteiger charge is 2.77. The Kier molecular flexibility index (Phi) is 5.06. The molecule has 6 rings (SSSR count). The summed E-state index contributed by atoms with van der Waals surface area (Å²) < 4.78 is 12.1. The van der Waals surface area contributed by atoms with Crippen molar-refractivity contribution in [2.45, 2.75) is 37.1 Å². The number of ether oxygens (including phenoxy) is 2.